The number of nitrogens with one attached hydrogen (secondary N) is 1. The summed E-state index contributed by atoms with van der Waals surface area (Å²) in [6.07, 6.45) is 2.44. The van der Waals surface area contributed by atoms with E-state index in [1.807, 2.05) is 37.4 Å². The summed E-state index contributed by atoms with van der Waals surface area (Å²) in [5.74, 6) is 0. The van der Waals surface area contributed by atoms with Gasteiger partial charge >= 0.3 is 0 Å². The van der Waals surface area contributed by atoms with Gasteiger partial charge in [-0.25, -0.2) is 0 Å². The summed E-state index contributed by atoms with van der Waals surface area (Å²) in [5.41, 5.74) is 2.18. The molecular formula is C13H13Cl2NO. The van der Waals surface area contributed by atoms with Gasteiger partial charge in [-0.15, -0.1) is 0 Å². The molecule has 0 aliphatic rings. The fourth-order valence-electron chi connectivity index (χ4n) is 1.78. The van der Waals surface area contributed by atoms with Gasteiger partial charge < -0.3 is 9.73 Å². The molecule has 1 aromatic carbocycles. The fraction of sp³-hybridized carbons (Fsp3) is 0.231. The van der Waals surface area contributed by atoms with E-state index in [1.54, 1.807) is 6.26 Å². The fourth-order valence-corrected chi connectivity index (χ4v) is 2.15. The third kappa shape index (κ3) is 3.03. The predicted octanol–water partition coefficient (Wildman–Crippen LogP) is 4.09. The molecule has 0 radical (unpaired) electrons. The molecule has 90 valence electrons. The highest BCUT2D eigenvalue weighted by atomic mass is 35.5. The molecule has 17 heavy (non-hydrogen) atoms. The molecule has 0 saturated heterocycles. The highest BCUT2D eigenvalue weighted by Gasteiger charge is 2.15. The molecule has 0 fully saturated rings. The lowest BCUT2D eigenvalue weighted by Crippen LogP contribution is -2.18. The van der Waals surface area contributed by atoms with Gasteiger partial charge in [-0.1, -0.05) is 23.7 Å². The van der Waals surface area contributed by atoms with Gasteiger partial charge in [0.1, 0.15) is 0 Å². The van der Waals surface area contributed by atoms with Crippen molar-refractivity contribution >= 4 is 23.2 Å². The van der Waals surface area contributed by atoms with Crippen molar-refractivity contribution in [1.82, 2.24) is 5.32 Å². The zero-order valence-corrected chi connectivity index (χ0v) is 10.9. The third-order valence-corrected chi connectivity index (χ3v) is 3.28. The van der Waals surface area contributed by atoms with E-state index in [-0.39, 0.29) is 6.04 Å². The second kappa shape index (κ2) is 5.58. The maximum atomic E-state index is 5.98. The molecule has 0 saturated carbocycles. The van der Waals surface area contributed by atoms with Crippen LogP contribution in [-0.4, -0.2) is 7.05 Å². The van der Waals surface area contributed by atoms with Crippen molar-refractivity contribution in [2.45, 2.75) is 12.5 Å². The van der Waals surface area contributed by atoms with Crippen molar-refractivity contribution in [3.63, 3.8) is 0 Å². The summed E-state index contributed by atoms with van der Waals surface area (Å²) >= 11 is 11.8. The summed E-state index contributed by atoms with van der Waals surface area (Å²) in [7, 11) is 1.91. The Morgan fingerprint density at radius 1 is 1.18 bits per heavy atom. The van der Waals surface area contributed by atoms with Gasteiger partial charge in [0.15, 0.2) is 5.22 Å². The van der Waals surface area contributed by atoms with Crippen molar-refractivity contribution in [3.05, 3.63) is 58.0 Å². The maximum Gasteiger partial charge on any atom is 0.197 e. The third-order valence-electron chi connectivity index (χ3n) is 2.72. The number of halogens is 2. The molecule has 2 nitrogen and oxygen atoms in total. The van der Waals surface area contributed by atoms with E-state index >= 15 is 0 Å². The number of benzene rings is 1. The van der Waals surface area contributed by atoms with E-state index in [0.717, 1.165) is 17.0 Å². The Kier molecular flexibility index (Phi) is 4.11. The first kappa shape index (κ1) is 12.5. The Morgan fingerprint density at radius 3 is 2.41 bits per heavy atom. The molecule has 0 spiro atoms. The molecule has 0 bridgehead atoms. The van der Waals surface area contributed by atoms with Crippen molar-refractivity contribution in [2.24, 2.45) is 0 Å². The van der Waals surface area contributed by atoms with Crippen LogP contribution in [0.2, 0.25) is 10.2 Å². The van der Waals surface area contributed by atoms with E-state index < -0.39 is 0 Å². The lowest BCUT2D eigenvalue weighted by atomic mass is 10.0. The Labute approximate surface area is 111 Å². The lowest BCUT2D eigenvalue weighted by Gasteiger charge is -2.15. The molecule has 1 unspecified atom stereocenters. The predicted molar refractivity (Wildman–Crippen MR) is 70.7 cm³/mol. The van der Waals surface area contributed by atoms with Crippen LogP contribution in [0.25, 0.3) is 0 Å². The van der Waals surface area contributed by atoms with E-state index in [9.17, 15) is 0 Å². The minimum absolute atomic E-state index is 0.141. The van der Waals surface area contributed by atoms with Crippen LogP contribution in [0.4, 0.5) is 0 Å². The summed E-state index contributed by atoms with van der Waals surface area (Å²) in [5, 5.41) is 4.42. The zero-order chi connectivity index (χ0) is 12.3. The monoisotopic (exact) mass is 269 g/mol. The second-order valence-corrected chi connectivity index (χ2v) is 4.60. The van der Waals surface area contributed by atoms with Crippen LogP contribution in [0, 0.1) is 0 Å². The van der Waals surface area contributed by atoms with Gasteiger partial charge in [0.25, 0.3) is 0 Å². The molecule has 0 amide bonds. The standard InChI is InChI=1S/C13H13Cl2NO/c1-16-12(11-6-7-17-13(11)15)8-9-2-4-10(14)5-3-9/h2-7,12,16H,8H2,1H3. The van der Waals surface area contributed by atoms with Crippen LogP contribution in [0.1, 0.15) is 17.2 Å². The number of hydrogen-bond donors (Lipinski definition) is 1. The SMILES string of the molecule is CNC(Cc1ccc(Cl)cc1)c1ccoc1Cl. The Hall–Kier alpha value is -0.960. The summed E-state index contributed by atoms with van der Waals surface area (Å²) in [6.45, 7) is 0. The molecule has 4 heteroatoms. The van der Waals surface area contributed by atoms with Gasteiger partial charge in [0.05, 0.1) is 6.26 Å². The van der Waals surface area contributed by atoms with Gasteiger partial charge in [0.2, 0.25) is 0 Å². The molecule has 1 aromatic heterocycles. The average Bonchev–Trinajstić information content (AvgIpc) is 2.75. The Bertz CT molecular complexity index is 478. The smallest absolute Gasteiger partial charge is 0.197 e. The van der Waals surface area contributed by atoms with E-state index in [2.05, 4.69) is 5.32 Å². The van der Waals surface area contributed by atoms with Crippen LogP contribution in [0.15, 0.2) is 41.0 Å². The molecule has 1 heterocycles. The normalized spacial score (nSPS) is 12.6. The number of hydrogen-bond acceptors (Lipinski definition) is 2. The largest absolute Gasteiger partial charge is 0.453 e. The van der Waals surface area contributed by atoms with Crippen molar-refractivity contribution in [2.75, 3.05) is 7.05 Å². The first-order valence-corrected chi connectivity index (χ1v) is 6.11. The van der Waals surface area contributed by atoms with Crippen molar-refractivity contribution in [1.29, 1.82) is 0 Å². The van der Waals surface area contributed by atoms with Gasteiger partial charge in [-0.2, -0.15) is 0 Å². The van der Waals surface area contributed by atoms with Crippen LogP contribution in [0.5, 0.6) is 0 Å². The number of furan rings is 1. The molecule has 2 rings (SSSR count). The summed E-state index contributed by atoms with van der Waals surface area (Å²) < 4.78 is 5.11. The van der Waals surface area contributed by atoms with Crippen molar-refractivity contribution in [3.8, 4) is 0 Å². The quantitative estimate of drug-likeness (QED) is 0.905. The van der Waals surface area contributed by atoms with Crippen LogP contribution in [0.3, 0.4) is 0 Å². The molecule has 0 aliphatic carbocycles. The minimum Gasteiger partial charge on any atom is -0.453 e. The Balaban J connectivity index is 2.16. The molecule has 2 aromatic rings. The van der Waals surface area contributed by atoms with Gasteiger partial charge in [-0.05, 0) is 48.8 Å². The molecule has 1 N–H and O–H groups in total. The van der Waals surface area contributed by atoms with E-state index in [4.69, 9.17) is 27.6 Å². The van der Waals surface area contributed by atoms with Crippen LogP contribution in [-0.2, 0) is 6.42 Å². The maximum absolute atomic E-state index is 5.98. The number of likely N-dealkylation sites (N-methyl/N-ethyl adjacent to an activating group) is 1. The Morgan fingerprint density at radius 2 is 1.88 bits per heavy atom. The summed E-state index contributed by atoms with van der Waals surface area (Å²) in [6, 6.07) is 9.84. The van der Waals surface area contributed by atoms with Gasteiger partial charge in [0, 0.05) is 16.6 Å². The first-order valence-electron chi connectivity index (χ1n) is 5.35. The zero-order valence-electron chi connectivity index (χ0n) is 9.41. The second-order valence-electron chi connectivity index (χ2n) is 3.82. The minimum atomic E-state index is 0.141. The topological polar surface area (TPSA) is 25.2 Å². The molecule has 1 atom stereocenters. The molecular weight excluding hydrogens is 257 g/mol. The summed E-state index contributed by atoms with van der Waals surface area (Å²) in [4.78, 5) is 0. The van der Waals surface area contributed by atoms with E-state index in [1.165, 1.54) is 5.56 Å². The van der Waals surface area contributed by atoms with E-state index in [0.29, 0.717) is 5.22 Å². The van der Waals surface area contributed by atoms with Crippen LogP contribution >= 0.6 is 23.2 Å². The molecule has 0 aliphatic heterocycles. The van der Waals surface area contributed by atoms with Crippen LogP contribution < -0.4 is 5.32 Å². The first-order chi connectivity index (χ1) is 8.20. The average molecular weight is 270 g/mol. The van der Waals surface area contributed by atoms with Crippen molar-refractivity contribution < 1.29 is 4.42 Å². The lowest BCUT2D eigenvalue weighted by molar-refractivity contribution is 0.544. The highest BCUT2D eigenvalue weighted by Crippen LogP contribution is 2.26. The number of rotatable bonds is 4. The van der Waals surface area contributed by atoms with Gasteiger partial charge in [-0.3, -0.25) is 0 Å². The highest BCUT2D eigenvalue weighted by molar-refractivity contribution is 6.30.